The molecule has 2 aromatic carbocycles. The second-order valence-corrected chi connectivity index (χ2v) is 5.67. The Balaban J connectivity index is 2.18. The number of carbonyl (C=O) groups is 1. The minimum atomic E-state index is -0.426. The van der Waals surface area contributed by atoms with Crippen molar-refractivity contribution in [2.45, 2.75) is 6.92 Å². The van der Waals surface area contributed by atoms with E-state index in [2.05, 4.69) is 33.8 Å². The van der Waals surface area contributed by atoms with Crippen LogP contribution in [0.5, 0.6) is 0 Å². The molecule has 4 aromatic rings. The van der Waals surface area contributed by atoms with Crippen molar-refractivity contribution in [3.8, 4) is 5.69 Å². The minimum absolute atomic E-state index is 0.322. The summed E-state index contributed by atoms with van der Waals surface area (Å²) in [6.07, 6.45) is 0. The van der Waals surface area contributed by atoms with Crippen LogP contribution in [0.4, 0.5) is 0 Å². The van der Waals surface area contributed by atoms with E-state index in [1.54, 1.807) is 6.07 Å². The van der Waals surface area contributed by atoms with Crippen LogP contribution in [0.2, 0.25) is 0 Å². The van der Waals surface area contributed by atoms with E-state index in [-0.39, 0.29) is 0 Å². The van der Waals surface area contributed by atoms with Crippen molar-refractivity contribution in [3.63, 3.8) is 0 Å². The normalized spacial score (nSPS) is 11.1. The molecule has 0 aliphatic rings. The van der Waals surface area contributed by atoms with Gasteiger partial charge in [-0.15, -0.1) is 0 Å². The highest BCUT2D eigenvalue weighted by Gasteiger charge is 2.18. The first-order chi connectivity index (χ1) is 11.7. The number of hydrogen-bond donors (Lipinski definition) is 0. The van der Waals surface area contributed by atoms with Crippen molar-refractivity contribution >= 4 is 27.8 Å². The van der Waals surface area contributed by atoms with Crippen LogP contribution in [-0.2, 0) is 4.74 Å². The molecule has 2 aromatic heterocycles. The predicted molar refractivity (Wildman–Crippen MR) is 94.7 cm³/mol. The lowest BCUT2D eigenvalue weighted by Gasteiger charge is -2.08. The molecule has 0 aliphatic heterocycles. The van der Waals surface area contributed by atoms with Gasteiger partial charge in [-0.25, -0.2) is 9.78 Å². The smallest absolute Gasteiger partial charge is 0.356 e. The summed E-state index contributed by atoms with van der Waals surface area (Å²) >= 11 is 0. The fraction of sp³-hybridized carbons (Fsp3) is 0.100. The number of pyridine rings is 1. The molecule has 0 atom stereocenters. The third-order valence-corrected chi connectivity index (χ3v) is 4.24. The highest BCUT2D eigenvalue weighted by Crippen LogP contribution is 2.33. The predicted octanol–water partition coefficient (Wildman–Crippen LogP) is 4.27. The molecule has 118 valence electrons. The van der Waals surface area contributed by atoms with Crippen LogP contribution in [0.1, 0.15) is 16.2 Å². The first-order valence-corrected chi connectivity index (χ1v) is 7.75. The van der Waals surface area contributed by atoms with Crippen molar-refractivity contribution in [1.29, 1.82) is 0 Å². The summed E-state index contributed by atoms with van der Waals surface area (Å²) in [6.45, 7) is 1.93. The molecule has 4 heteroatoms. The number of para-hydroxylation sites is 2. The number of nitrogens with zero attached hydrogens (tertiary/aromatic N) is 2. The van der Waals surface area contributed by atoms with Gasteiger partial charge >= 0.3 is 5.97 Å². The zero-order valence-electron chi connectivity index (χ0n) is 13.5. The molecule has 0 spiro atoms. The molecule has 0 amide bonds. The third kappa shape index (κ3) is 2.07. The lowest BCUT2D eigenvalue weighted by molar-refractivity contribution is 0.0594. The molecule has 0 saturated heterocycles. The van der Waals surface area contributed by atoms with E-state index < -0.39 is 5.97 Å². The number of hydrogen-bond acceptors (Lipinski definition) is 3. The number of methoxy groups -OCH3 is 1. The van der Waals surface area contributed by atoms with Crippen molar-refractivity contribution < 1.29 is 9.53 Å². The summed E-state index contributed by atoms with van der Waals surface area (Å²) in [7, 11) is 1.37. The van der Waals surface area contributed by atoms with E-state index in [0.29, 0.717) is 5.69 Å². The SMILES string of the molecule is COC(=O)c1cc2c(c(C)n1)c1ccccc1n2-c1ccccc1. The zero-order chi connectivity index (χ0) is 16.7. The second kappa shape index (κ2) is 5.49. The number of carbonyl (C=O) groups excluding carboxylic acids is 1. The molecule has 0 N–H and O–H groups in total. The number of fused-ring (bicyclic) bond motifs is 3. The number of ether oxygens (including phenoxy) is 1. The molecule has 0 aliphatic carbocycles. The average Bonchev–Trinajstić information content (AvgIpc) is 2.96. The quantitative estimate of drug-likeness (QED) is 0.519. The van der Waals surface area contributed by atoms with E-state index in [1.807, 2.05) is 37.3 Å². The highest BCUT2D eigenvalue weighted by atomic mass is 16.5. The van der Waals surface area contributed by atoms with Crippen LogP contribution >= 0.6 is 0 Å². The van der Waals surface area contributed by atoms with Gasteiger partial charge in [0.25, 0.3) is 0 Å². The van der Waals surface area contributed by atoms with E-state index in [9.17, 15) is 4.79 Å². The van der Waals surface area contributed by atoms with Crippen LogP contribution in [0, 0.1) is 6.92 Å². The summed E-state index contributed by atoms with van der Waals surface area (Å²) in [6, 6.07) is 20.1. The molecule has 4 nitrogen and oxygen atoms in total. The maximum absolute atomic E-state index is 12.0. The van der Waals surface area contributed by atoms with Gasteiger partial charge in [0.05, 0.1) is 18.1 Å². The first kappa shape index (κ1) is 14.5. The van der Waals surface area contributed by atoms with Crippen LogP contribution < -0.4 is 0 Å². The summed E-state index contributed by atoms with van der Waals surface area (Å²) in [5.41, 5.74) is 4.23. The first-order valence-electron chi connectivity index (χ1n) is 7.75. The number of aromatic nitrogens is 2. The van der Waals surface area contributed by atoms with Gasteiger partial charge in [-0.1, -0.05) is 36.4 Å². The monoisotopic (exact) mass is 316 g/mol. The fourth-order valence-corrected chi connectivity index (χ4v) is 3.24. The number of rotatable bonds is 2. The molecule has 24 heavy (non-hydrogen) atoms. The van der Waals surface area contributed by atoms with E-state index >= 15 is 0 Å². The molecule has 0 bridgehead atoms. The topological polar surface area (TPSA) is 44.1 Å². The van der Waals surface area contributed by atoms with Gasteiger partial charge in [0, 0.05) is 22.2 Å². The van der Waals surface area contributed by atoms with E-state index in [4.69, 9.17) is 4.74 Å². The molecular weight excluding hydrogens is 300 g/mol. The Morgan fingerprint density at radius 3 is 2.46 bits per heavy atom. The van der Waals surface area contributed by atoms with Crippen molar-refractivity contribution in [2.24, 2.45) is 0 Å². The van der Waals surface area contributed by atoms with Gasteiger partial charge in [0.15, 0.2) is 5.69 Å². The van der Waals surface area contributed by atoms with Gasteiger partial charge in [-0.3, -0.25) is 0 Å². The van der Waals surface area contributed by atoms with Gasteiger partial charge in [-0.2, -0.15) is 0 Å². The Labute approximate surface area is 139 Å². The summed E-state index contributed by atoms with van der Waals surface area (Å²) in [5, 5.41) is 2.18. The van der Waals surface area contributed by atoms with Crippen molar-refractivity contribution in [1.82, 2.24) is 9.55 Å². The minimum Gasteiger partial charge on any atom is -0.464 e. The lowest BCUT2D eigenvalue weighted by atomic mass is 10.1. The molecule has 0 unspecified atom stereocenters. The maximum Gasteiger partial charge on any atom is 0.356 e. The Morgan fingerprint density at radius 2 is 1.71 bits per heavy atom. The van der Waals surface area contributed by atoms with Crippen LogP contribution in [0.3, 0.4) is 0 Å². The standard InChI is InChI=1S/C20H16N2O2/c1-13-19-15-10-6-7-11-17(15)22(14-8-4-3-5-9-14)18(19)12-16(21-13)20(23)24-2/h3-12H,1-2H3. The van der Waals surface area contributed by atoms with Gasteiger partial charge in [-0.05, 0) is 31.2 Å². The molecular formula is C20H16N2O2. The molecule has 0 saturated carbocycles. The van der Waals surface area contributed by atoms with Crippen LogP contribution in [0.25, 0.3) is 27.5 Å². The number of aryl methyl sites for hydroxylation is 1. The fourth-order valence-electron chi connectivity index (χ4n) is 3.24. The average molecular weight is 316 g/mol. The Kier molecular flexibility index (Phi) is 3.31. The van der Waals surface area contributed by atoms with Crippen molar-refractivity contribution in [3.05, 3.63) is 72.1 Å². The summed E-state index contributed by atoms with van der Waals surface area (Å²) in [5.74, 6) is -0.426. The van der Waals surface area contributed by atoms with Gasteiger partial charge < -0.3 is 9.30 Å². The van der Waals surface area contributed by atoms with E-state index in [0.717, 1.165) is 33.2 Å². The van der Waals surface area contributed by atoms with Crippen molar-refractivity contribution in [2.75, 3.05) is 7.11 Å². The van der Waals surface area contributed by atoms with Gasteiger partial charge in [0.1, 0.15) is 0 Å². The second-order valence-electron chi connectivity index (χ2n) is 5.67. The number of benzene rings is 2. The summed E-state index contributed by atoms with van der Waals surface area (Å²) in [4.78, 5) is 16.4. The molecule has 0 radical (unpaired) electrons. The number of esters is 1. The Morgan fingerprint density at radius 1 is 1.00 bits per heavy atom. The maximum atomic E-state index is 12.0. The largest absolute Gasteiger partial charge is 0.464 e. The summed E-state index contributed by atoms with van der Waals surface area (Å²) < 4.78 is 7.01. The zero-order valence-corrected chi connectivity index (χ0v) is 13.5. The van der Waals surface area contributed by atoms with Crippen LogP contribution in [0.15, 0.2) is 60.7 Å². The van der Waals surface area contributed by atoms with E-state index in [1.165, 1.54) is 7.11 Å². The molecule has 4 rings (SSSR count). The Bertz CT molecular complexity index is 1070. The molecule has 2 heterocycles. The third-order valence-electron chi connectivity index (χ3n) is 4.24. The lowest BCUT2D eigenvalue weighted by Crippen LogP contribution is -2.06. The highest BCUT2D eigenvalue weighted by molar-refractivity contribution is 6.11. The van der Waals surface area contributed by atoms with Crippen LogP contribution in [-0.4, -0.2) is 22.6 Å². The molecule has 0 fully saturated rings. The van der Waals surface area contributed by atoms with Gasteiger partial charge in [0.2, 0.25) is 0 Å². The Hall–Kier alpha value is -3.14.